The molecule has 2 N–H and O–H groups in total. The van der Waals surface area contributed by atoms with Crippen LogP contribution in [0.5, 0.6) is 0 Å². The van der Waals surface area contributed by atoms with Gasteiger partial charge in [-0.1, -0.05) is 5.92 Å². The third kappa shape index (κ3) is 2.62. The first-order valence-corrected chi connectivity index (χ1v) is 5.96. The Morgan fingerprint density at radius 2 is 2.19 bits per heavy atom. The summed E-state index contributed by atoms with van der Waals surface area (Å²) in [6, 6.07) is 0. The first-order chi connectivity index (χ1) is 9.95. The van der Waals surface area contributed by atoms with E-state index in [9.17, 15) is 14.4 Å². The third-order valence-corrected chi connectivity index (χ3v) is 2.83. The van der Waals surface area contributed by atoms with Crippen LogP contribution < -0.4 is 11.2 Å². The maximum atomic E-state index is 12.0. The average molecular weight is 288 g/mol. The summed E-state index contributed by atoms with van der Waals surface area (Å²) < 4.78 is 2.65. The van der Waals surface area contributed by atoms with E-state index in [1.807, 2.05) is 0 Å². The number of aromatic amines is 1. The van der Waals surface area contributed by atoms with Crippen molar-refractivity contribution >= 4 is 23.2 Å². The van der Waals surface area contributed by atoms with Crippen molar-refractivity contribution in [1.29, 1.82) is 0 Å². The highest BCUT2D eigenvalue weighted by molar-refractivity contribution is 5.85. The van der Waals surface area contributed by atoms with Crippen molar-refractivity contribution in [1.82, 2.24) is 19.1 Å². The smallest absolute Gasteiger partial charge is 0.329 e. The van der Waals surface area contributed by atoms with Gasteiger partial charge in [0.2, 0.25) is 0 Å². The van der Waals surface area contributed by atoms with Gasteiger partial charge in [-0.3, -0.25) is 14.3 Å². The van der Waals surface area contributed by atoms with Crippen LogP contribution in [0.25, 0.3) is 17.2 Å². The van der Waals surface area contributed by atoms with Crippen LogP contribution in [0, 0.1) is 11.8 Å². The number of hydrogen-bond acceptors (Lipinski definition) is 4. The molecule has 0 aliphatic rings. The van der Waals surface area contributed by atoms with Gasteiger partial charge in [-0.2, -0.15) is 0 Å². The molecule has 0 aromatic carbocycles. The first-order valence-electron chi connectivity index (χ1n) is 5.96. The summed E-state index contributed by atoms with van der Waals surface area (Å²) in [6.07, 6.45) is 2.16. The number of imidazole rings is 1. The van der Waals surface area contributed by atoms with Gasteiger partial charge in [-0.05, 0) is 13.0 Å². The Labute approximate surface area is 118 Å². The molecular formula is C13H12N4O4. The zero-order chi connectivity index (χ0) is 15.6. The predicted molar refractivity (Wildman–Crippen MR) is 75.7 cm³/mol. The monoisotopic (exact) mass is 288 g/mol. The summed E-state index contributed by atoms with van der Waals surface area (Å²) in [6.45, 7) is 1.80. The van der Waals surface area contributed by atoms with Gasteiger partial charge in [-0.25, -0.2) is 14.6 Å². The normalized spacial score (nSPS) is 10.8. The SMILES string of the molecule is CC#CCn1c(C=CC(=O)O)nc2c1c(=O)[nH]c(=O)n2C. The molecule has 0 saturated carbocycles. The number of rotatable bonds is 3. The molecule has 0 atom stereocenters. The number of carboxylic acid groups (broad SMARTS) is 1. The van der Waals surface area contributed by atoms with E-state index in [0.717, 1.165) is 6.08 Å². The first kappa shape index (κ1) is 14.3. The van der Waals surface area contributed by atoms with Gasteiger partial charge in [0.25, 0.3) is 5.56 Å². The van der Waals surface area contributed by atoms with Gasteiger partial charge in [0.15, 0.2) is 11.2 Å². The van der Waals surface area contributed by atoms with Crippen LogP contribution in [0.15, 0.2) is 15.7 Å². The zero-order valence-electron chi connectivity index (χ0n) is 11.4. The number of nitrogens with one attached hydrogen (secondary N) is 1. The molecule has 108 valence electrons. The highest BCUT2D eigenvalue weighted by Crippen LogP contribution is 2.11. The number of nitrogens with zero attached hydrogens (tertiary/aromatic N) is 3. The third-order valence-electron chi connectivity index (χ3n) is 2.83. The van der Waals surface area contributed by atoms with E-state index in [2.05, 4.69) is 21.8 Å². The molecule has 0 unspecified atom stereocenters. The maximum Gasteiger partial charge on any atom is 0.329 e. The maximum absolute atomic E-state index is 12.0. The topological polar surface area (TPSA) is 110 Å². The largest absolute Gasteiger partial charge is 0.478 e. The molecule has 0 amide bonds. The van der Waals surface area contributed by atoms with E-state index >= 15 is 0 Å². The van der Waals surface area contributed by atoms with Gasteiger partial charge >= 0.3 is 11.7 Å². The molecule has 8 nitrogen and oxygen atoms in total. The minimum Gasteiger partial charge on any atom is -0.478 e. The summed E-state index contributed by atoms with van der Waals surface area (Å²) in [7, 11) is 1.47. The van der Waals surface area contributed by atoms with Gasteiger partial charge in [0, 0.05) is 13.1 Å². The molecule has 0 fully saturated rings. The lowest BCUT2D eigenvalue weighted by Gasteiger charge is -2.01. The molecular weight excluding hydrogens is 276 g/mol. The number of carbonyl (C=O) groups is 1. The number of fused-ring (bicyclic) bond motifs is 1. The second-order valence-electron chi connectivity index (χ2n) is 4.15. The lowest BCUT2D eigenvalue weighted by Crippen LogP contribution is -2.29. The minimum absolute atomic E-state index is 0.160. The molecule has 0 aliphatic carbocycles. The summed E-state index contributed by atoms with van der Waals surface area (Å²) >= 11 is 0. The number of aromatic nitrogens is 4. The fourth-order valence-corrected chi connectivity index (χ4v) is 1.84. The van der Waals surface area contributed by atoms with Gasteiger partial charge < -0.3 is 9.67 Å². The molecule has 0 radical (unpaired) electrons. The Morgan fingerprint density at radius 1 is 1.48 bits per heavy atom. The van der Waals surface area contributed by atoms with Crippen molar-refractivity contribution in [2.45, 2.75) is 13.5 Å². The van der Waals surface area contributed by atoms with Crippen LogP contribution in [-0.2, 0) is 18.4 Å². The quantitative estimate of drug-likeness (QED) is 0.587. The fraction of sp³-hybridized carbons (Fsp3) is 0.231. The van der Waals surface area contributed by atoms with Gasteiger partial charge in [0.1, 0.15) is 5.82 Å². The van der Waals surface area contributed by atoms with Crippen molar-refractivity contribution in [3.05, 3.63) is 32.7 Å². The Balaban J connectivity index is 2.84. The van der Waals surface area contributed by atoms with Crippen molar-refractivity contribution < 1.29 is 9.90 Å². The van der Waals surface area contributed by atoms with Crippen molar-refractivity contribution in [3.8, 4) is 11.8 Å². The second kappa shape index (κ2) is 5.50. The summed E-state index contributed by atoms with van der Waals surface area (Å²) in [5.74, 6) is 4.57. The van der Waals surface area contributed by atoms with Gasteiger partial charge in [-0.15, -0.1) is 5.92 Å². The summed E-state index contributed by atoms with van der Waals surface area (Å²) in [5, 5.41) is 8.70. The van der Waals surface area contributed by atoms with Crippen LogP contribution in [-0.4, -0.2) is 30.2 Å². The molecule has 2 rings (SSSR count). The van der Waals surface area contributed by atoms with E-state index in [1.165, 1.54) is 22.3 Å². The molecule has 2 aromatic rings. The lowest BCUT2D eigenvalue weighted by atomic mass is 10.4. The summed E-state index contributed by atoms with van der Waals surface area (Å²) in [4.78, 5) is 40.5. The van der Waals surface area contributed by atoms with Crippen LogP contribution in [0.3, 0.4) is 0 Å². The molecule has 0 saturated heterocycles. The van der Waals surface area contributed by atoms with E-state index < -0.39 is 17.2 Å². The number of aliphatic carboxylic acids is 1. The molecule has 21 heavy (non-hydrogen) atoms. The summed E-state index contributed by atoms with van der Waals surface area (Å²) in [5.41, 5.74) is -0.836. The standard InChI is InChI=1S/C13H12N4O4/c1-3-4-7-17-8(5-6-9(18)19)14-11-10(17)12(20)15-13(21)16(11)2/h5-6H,7H2,1-2H3,(H,18,19)(H,15,20,21). The van der Waals surface area contributed by atoms with E-state index in [1.54, 1.807) is 6.92 Å². The van der Waals surface area contributed by atoms with Gasteiger partial charge in [0.05, 0.1) is 6.54 Å². The predicted octanol–water partition coefficient (Wildman–Crippen LogP) is -0.456. The van der Waals surface area contributed by atoms with Crippen LogP contribution in [0.4, 0.5) is 0 Å². The van der Waals surface area contributed by atoms with Crippen LogP contribution >= 0.6 is 0 Å². The Bertz CT molecular complexity index is 918. The van der Waals surface area contributed by atoms with Crippen LogP contribution in [0.2, 0.25) is 0 Å². The van der Waals surface area contributed by atoms with E-state index in [-0.39, 0.29) is 23.5 Å². The molecule has 2 aromatic heterocycles. The highest BCUT2D eigenvalue weighted by Gasteiger charge is 2.15. The Morgan fingerprint density at radius 3 is 2.81 bits per heavy atom. The number of carboxylic acids is 1. The number of aryl methyl sites for hydroxylation is 1. The zero-order valence-corrected chi connectivity index (χ0v) is 11.4. The van der Waals surface area contributed by atoms with Crippen molar-refractivity contribution in [2.75, 3.05) is 0 Å². The van der Waals surface area contributed by atoms with Crippen molar-refractivity contribution in [3.63, 3.8) is 0 Å². The number of H-pyrrole nitrogens is 1. The van der Waals surface area contributed by atoms with E-state index in [0.29, 0.717) is 0 Å². The lowest BCUT2D eigenvalue weighted by molar-refractivity contribution is -0.131. The van der Waals surface area contributed by atoms with Crippen molar-refractivity contribution in [2.24, 2.45) is 7.05 Å². The molecule has 0 aliphatic heterocycles. The molecule has 0 spiro atoms. The Hall–Kier alpha value is -3.08. The van der Waals surface area contributed by atoms with Crippen LogP contribution in [0.1, 0.15) is 12.7 Å². The minimum atomic E-state index is -1.14. The highest BCUT2D eigenvalue weighted by atomic mass is 16.4. The number of hydrogen-bond donors (Lipinski definition) is 2. The van der Waals surface area contributed by atoms with E-state index in [4.69, 9.17) is 5.11 Å². The molecule has 0 bridgehead atoms. The second-order valence-corrected chi connectivity index (χ2v) is 4.15. The fourth-order valence-electron chi connectivity index (χ4n) is 1.84. The molecule has 2 heterocycles. The average Bonchev–Trinajstić information content (AvgIpc) is 2.79. The Kier molecular flexibility index (Phi) is 3.75. The molecule has 8 heteroatoms.